The Kier molecular flexibility index (Phi) is 8.43. The number of nitrogens with zero attached hydrogens (tertiary/aromatic N) is 6. The van der Waals surface area contributed by atoms with E-state index < -0.39 is 23.8 Å². The molecule has 2 aromatic heterocycles. The monoisotopic (exact) mass is 656 g/mol. The minimum atomic E-state index is -1.04. The zero-order valence-corrected chi connectivity index (χ0v) is 27.1. The fourth-order valence-corrected chi connectivity index (χ4v) is 6.43. The summed E-state index contributed by atoms with van der Waals surface area (Å²) in [4.78, 5) is 34.0. The Labute approximate surface area is 270 Å². The van der Waals surface area contributed by atoms with Crippen LogP contribution in [0, 0.1) is 0 Å². The number of amides is 1. The van der Waals surface area contributed by atoms with Crippen LogP contribution in [0.15, 0.2) is 42.9 Å². The van der Waals surface area contributed by atoms with E-state index in [1.807, 2.05) is 45.0 Å². The van der Waals surface area contributed by atoms with E-state index >= 15 is 0 Å². The van der Waals surface area contributed by atoms with E-state index in [2.05, 4.69) is 9.88 Å². The van der Waals surface area contributed by atoms with Crippen molar-refractivity contribution in [2.45, 2.75) is 58.5 Å². The third-order valence-corrected chi connectivity index (χ3v) is 8.70. The molecule has 1 unspecified atom stereocenters. The number of anilines is 1. The molecule has 10 nitrogen and oxygen atoms in total. The van der Waals surface area contributed by atoms with Crippen LogP contribution in [0.4, 0.5) is 14.9 Å². The first-order valence-electron chi connectivity index (χ1n) is 15.0. The molecule has 0 radical (unpaired) electrons. The van der Waals surface area contributed by atoms with Crippen molar-refractivity contribution in [2.24, 2.45) is 0 Å². The van der Waals surface area contributed by atoms with Crippen LogP contribution >= 0.6 is 23.2 Å². The third-order valence-electron chi connectivity index (χ3n) is 8.00. The molecule has 0 bridgehead atoms. The molecule has 0 N–H and O–H groups in total. The van der Waals surface area contributed by atoms with Gasteiger partial charge in [-0.1, -0.05) is 35.3 Å². The molecule has 6 rings (SSSR count). The van der Waals surface area contributed by atoms with Gasteiger partial charge < -0.3 is 23.8 Å². The number of piperazine rings is 1. The second-order valence-corrected chi connectivity index (χ2v) is 13.1. The Balaban J connectivity index is 1.25. The van der Waals surface area contributed by atoms with Crippen molar-refractivity contribution in [1.82, 2.24) is 24.2 Å². The predicted octanol–water partition coefficient (Wildman–Crippen LogP) is 6.31. The normalized spacial score (nSPS) is 17.4. The summed E-state index contributed by atoms with van der Waals surface area (Å²) in [6.45, 7) is 10.2. The smallest absolute Gasteiger partial charge is 0.410 e. The molecule has 4 aromatic rings. The lowest BCUT2D eigenvalue weighted by atomic mass is 10.0. The van der Waals surface area contributed by atoms with Gasteiger partial charge in [0.25, 0.3) is 0 Å². The molecule has 2 aliphatic heterocycles. The average molecular weight is 658 g/mol. The summed E-state index contributed by atoms with van der Waals surface area (Å²) in [5.41, 5.74) is 3.50. The molecular weight excluding hydrogens is 622 g/mol. The zero-order valence-electron chi connectivity index (χ0n) is 25.6. The van der Waals surface area contributed by atoms with Crippen LogP contribution in [0.3, 0.4) is 0 Å². The van der Waals surface area contributed by atoms with E-state index in [0.29, 0.717) is 64.1 Å². The number of aromatic nitrogens is 4. The molecule has 2 atom stereocenters. The Morgan fingerprint density at radius 2 is 1.82 bits per heavy atom. The number of fused-ring (bicyclic) bond motifs is 2. The highest BCUT2D eigenvalue weighted by atomic mass is 35.5. The lowest BCUT2D eigenvalue weighted by Crippen LogP contribution is -2.50. The van der Waals surface area contributed by atoms with Gasteiger partial charge in [-0.05, 0) is 51.5 Å². The molecule has 45 heavy (non-hydrogen) atoms. The van der Waals surface area contributed by atoms with Crippen molar-refractivity contribution in [3.8, 4) is 11.1 Å². The average Bonchev–Trinajstić information content (AvgIpc) is 3.70. The first-order chi connectivity index (χ1) is 21.4. The maximum atomic E-state index is 14.2. The molecule has 0 saturated carbocycles. The maximum absolute atomic E-state index is 14.2. The van der Waals surface area contributed by atoms with Gasteiger partial charge in [0.05, 0.1) is 35.2 Å². The van der Waals surface area contributed by atoms with Crippen LogP contribution in [0.2, 0.25) is 10.0 Å². The number of alkyl halides is 1. The van der Waals surface area contributed by atoms with Crippen molar-refractivity contribution in [2.75, 3.05) is 37.7 Å². The topological polar surface area (TPSA) is 94.7 Å². The molecule has 0 aliphatic carbocycles. The van der Waals surface area contributed by atoms with Crippen LogP contribution in [0.1, 0.15) is 45.1 Å². The first kappa shape index (κ1) is 31.2. The lowest BCUT2D eigenvalue weighted by Gasteiger charge is -2.36. The Morgan fingerprint density at radius 1 is 1.11 bits per heavy atom. The molecule has 1 saturated heterocycles. The second kappa shape index (κ2) is 12.2. The summed E-state index contributed by atoms with van der Waals surface area (Å²) in [5, 5.41) is 6.07. The van der Waals surface area contributed by atoms with Crippen molar-refractivity contribution < 1.29 is 23.5 Å². The van der Waals surface area contributed by atoms with Gasteiger partial charge in [0.1, 0.15) is 17.3 Å². The minimum absolute atomic E-state index is 0.160. The highest BCUT2D eigenvalue weighted by Crippen LogP contribution is 2.40. The van der Waals surface area contributed by atoms with E-state index in [4.69, 9.17) is 37.8 Å². The van der Waals surface area contributed by atoms with Gasteiger partial charge in [-0.2, -0.15) is 5.10 Å². The third kappa shape index (κ3) is 6.20. The molecule has 2 aliphatic rings. The Morgan fingerprint density at radius 3 is 2.49 bits per heavy atom. The maximum Gasteiger partial charge on any atom is 0.410 e. The number of ether oxygens (including phenoxy) is 2. The van der Waals surface area contributed by atoms with Crippen molar-refractivity contribution in [3.05, 3.63) is 64.3 Å². The lowest BCUT2D eigenvalue weighted by molar-refractivity contribution is -0.146. The predicted molar refractivity (Wildman–Crippen MR) is 171 cm³/mol. The van der Waals surface area contributed by atoms with Gasteiger partial charge in [-0.3, -0.25) is 4.68 Å². The molecule has 1 fully saturated rings. The van der Waals surface area contributed by atoms with Crippen molar-refractivity contribution >= 4 is 51.9 Å². The largest absolute Gasteiger partial charge is 0.464 e. The fourth-order valence-electron chi connectivity index (χ4n) is 5.88. The van der Waals surface area contributed by atoms with Crippen LogP contribution in [-0.4, -0.2) is 80.9 Å². The van der Waals surface area contributed by atoms with E-state index in [0.717, 1.165) is 11.3 Å². The molecule has 238 valence electrons. The van der Waals surface area contributed by atoms with Crippen LogP contribution in [-0.2, 0) is 27.2 Å². The van der Waals surface area contributed by atoms with Crippen LogP contribution in [0.5, 0.6) is 0 Å². The van der Waals surface area contributed by atoms with E-state index in [-0.39, 0.29) is 25.7 Å². The van der Waals surface area contributed by atoms with Crippen molar-refractivity contribution in [1.29, 1.82) is 0 Å². The molecule has 0 spiro atoms. The number of hydrogen-bond acceptors (Lipinski definition) is 7. The quantitative estimate of drug-likeness (QED) is 0.225. The van der Waals surface area contributed by atoms with E-state index in [9.17, 15) is 14.0 Å². The summed E-state index contributed by atoms with van der Waals surface area (Å²) >= 11 is 13.7. The SMILES string of the molecule is CCOC(=O)C(c1ncn2c1C[C@@H](F)C2)n1cc2c(Cl)cc(-c3ccc(N4CCN(C(=O)OC(C)(C)C)CC4)cc3)c(Cl)c2n1. The molecular formula is C32H35Cl2FN6O4. The molecule has 13 heteroatoms. The Hall–Kier alpha value is -3.83. The van der Waals surface area contributed by atoms with E-state index in [1.54, 1.807) is 35.0 Å². The number of halogens is 3. The van der Waals surface area contributed by atoms with Crippen LogP contribution in [0.25, 0.3) is 22.0 Å². The second-order valence-electron chi connectivity index (χ2n) is 12.3. The van der Waals surface area contributed by atoms with Crippen LogP contribution < -0.4 is 4.90 Å². The zero-order chi connectivity index (χ0) is 32.0. The van der Waals surface area contributed by atoms with Gasteiger partial charge in [0.15, 0.2) is 6.04 Å². The molecule has 1 amide bonds. The summed E-state index contributed by atoms with van der Waals surface area (Å²) in [7, 11) is 0. The van der Waals surface area contributed by atoms with Crippen molar-refractivity contribution in [3.63, 3.8) is 0 Å². The first-order valence-corrected chi connectivity index (χ1v) is 15.7. The van der Waals surface area contributed by atoms with E-state index in [1.165, 1.54) is 4.68 Å². The number of hydrogen-bond donors (Lipinski definition) is 0. The minimum Gasteiger partial charge on any atom is -0.464 e. The summed E-state index contributed by atoms with van der Waals surface area (Å²) in [6, 6.07) is 8.73. The number of esters is 1. The highest BCUT2D eigenvalue weighted by Gasteiger charge is 2.35. The number of carbonyl (C=O) groups is 2. The van der Waals surface area contributed by atoms with Gasteiger partial charge in [-0.15, -0.1) is 0 Å². The van der Waals surface area contributed by atoms with Gasteiger partial charge in [-0.25, -0.2) is 19.0 Å². The molecule has 2 aromatic carbocycles. The van der Waals surface area contributed by atoms with Gasteiger partial charge in [0, 0.05) is 61.1 Å². The number of imidazole rings is 1. The number of rotatable bonds is 6. The summed E-state index contributed by atoms with van der Waals surface area (Å²) < 4.78 is 28.3. The van der Waals surface area contributed by atoms with Gasteiger partial charge in [0.2, 0.25) is 0 Å². The number of carbonyl (C=O) groups excluding carboxylic acids is 2. The highest BCUT2D eigenvalue weighted by molar-refractivity contribution is 6.42. The Bertz CT molecular complexity index is 1740. The summed E-state index contributed by atoms with van der Waals surface area (Å²) in [6.07, 6.45) is 2.02. The fraction of sp³-hybridized carbons (Fsp3) is 0.438. The summed E-state index contributed by atoms with van der Waals surface area (Å²) in [5.74, 6) is -0.552. The van der Waals surface area contributed by atoms with Gasteiger partial charge >= 0.3 is 12.1 Å². The number of benzene rings is 2. The molecule has 4 heterocycles. The standard InChI is InChI=1S/C32H35Cl2FN6O4/c1-5-44-30(42)29(28-25-14-20(35)16-40(25)18-36-28)41-17-23-24(33)15-22(26(34)27(23)37-41)19-6-8-21(9-7-19)38-10-12-39(13-11-38)31(43)45-32(2,3)4/h6-9,15,17-18,20,29H,5,10-14,16H2,1-4H3/t20-,29?/m1/s1.